The van der Waals surface area contributed by atoms with Gasteiger partial charge < -0.3 is 9.88 Å². The third-order valence-corrected chi connectivity index (χ3v) is 6.53. The van der Waals surface area contributed by atoms with E-state index in [1.807, 2.05) is 49.8 Å². The van der Waals surface area contributed by atoms with Crippen molar-refractivity contribution in [2.45, 2.75) is 6.54 Å². The van der Waals surface area contributed by atoms with E-state index in [1.54, 1.807) is 36.0 Å². The van der Waals surface area contributed by atoms with Gasteiger partial charge in [-0.3, -0.25) is 15.1 Å². The summed E-state index contributed by atoms with van der Waals surface area (Å²) in [5.41, 5.74) is 5.58. The van der Waals surface area contributed by atoms with Gasteiger partial charge in [-0.25, -0.2) is 9.37 Å². The smallest absolute Gasteiger partial charge is 0.159 e. The van der Waals surface area contributed by atoms with Crippen LogP contribution in [0.4, 0.5) is 4.39 Å². The molecule has 0 fully saturated rings. The molecule has 0 aliphatic rings. The van der Waals surface area contributed by atoms with E-state index in [4.69, 9.17) is 4.98 Å². The maximum absolute atomic E-state index is 15.9. The molecule has 0 saturated carbocycles. The van der Waals surface area contributed by atoms with Crippen LogP contribution in [0.2, 0.25) is 0 Å². The van der Waals surface area contributed by atoms with Crippen molar-refractivity contribution in [1.29, 1.82) is 0 Å². The molecule has 2 N–H and O–H groups in total. The van der Waals surface area contributed by atoms with Crippen molar-refractivity contribution in [3.63, 3.8) is 0 Å². The fourth-order valence-electron chi connectivity index (χ4n) is 4.19. The first-order valence-electron chi connectivity index (χ1n) is 10.7. The number of rotatable bonds is 5. The average Bonchev–Trinajstić information content (AvgIpc) is 3.57. The lowest BCUT2D eigenvalue weighted by atomic mass is 10.0. The summed E-state index contributed by atoms with van der Waals surface area (Å²) in [7, 11) is 3.98. The number of aromatic nitrogens is 6. The van der Waals surface area contributed by atoms with E-state index in [0.29, 0.717) is 28.0 Å². The van der Waals surface area contributed by atoms with Crippen LogP contribution in [-0.4, -0.2) is 49.1 Å². The number of H-pyrrole nitrogens is 2. The molecule has 5 aromatic heterocycles. The number of benzene rings is 1. The Hall–Kier alpha value is -3.95. The molecule has 6 rings (SSSR count). The van der Waals surface area contributed by atoms with Gasteiger partial charge in [0.05, 0.1) is 21.3 Å². The summed E-state index contributed by atoms with van der Waals surface area (Å²) in [6.45, 7) is 0.723. The molecule has 0 unspecified atom stereocenters. The van der Waals surface area contributed by atoms with Gasteiger partial charge in [0.15, 0.2) is 5.82 Å². The van der Waals surface area contributed by atoms with Crippen LogP contribution in [0.15, 0.2) is 60.4 Å². The number of hydrogen-bond donors (Lipinski definition) is 2. The molecular weight excluding hydrogens is 449 g/mol. The van der Waals surface area contributed by atoms with Crippen LogP contribution in [0.3, 0.4) is 0 Å². The Morgan fingerprint density at radius 1 is 1.06 bits per heavy atom. The van der Waals surface area contributed by atoms with Crippen molar-refractivity contribution >= 4 is 33.3 Å². The van der Waals surface area contributed by atoms with E-state index in [1.165, 1.54) is 0 Å². The molecule has 0 bridgehead atoms. The van der Waals surface area contributed by atoms with E-state index < -0.39 is 0 Å². The largest absolute Gasteiger partial charge is 0.336 e. The van der Waals surface area contributed by atoms with Crippen molar-refractivity contribution in [3.05, 3.63) is 71.7 Å². The molecule has 168 valence electrons. The second-order valence-electron chi connectivity index (χ2n) is 8.36. The fourth-order valence-corrected chi connectivity index (χ4v) is 4.92. The van der Waals surface area contributed by atoms with Crippen molar-refractivity contribution < 1.29 is 4.39 Å². The molecule has 6 aromatic rings. The Labute approximate surface area is 198 Å². The summed E-state index contributed by atoms with van der Waals surface area (Å²) in [5, 5.41) is 9.74. The second kappa shape index (κ2) is 8.12. The van der Waals surface area contributed by atoms with Crippen LogP contribution >= 0.6 is 11.3 Å². The molecule has 0 aliphatic heterocycles. The van der Waals surface area contributed by atoms with Crippen LogP contribution in [0, 0.1) is 5.82 Å². The number of fused-ring (bicyclic) bond motifs is 2. The Bertz CT molecular complexity index is 1630. The SMILES string of the molecule is CN(C)Cc1cncc(-c2ccc3[nH]nc(-c4nc5c(-c6cccs6)nccc5[nH]4)c3c2F)c1. The zero-order chi connectivity index (χ0) is 23.2. The minimum atomic E-state index is -0.359. The lowest BCUT2D eigenvalue weighted by molar-refractivity contribution is 0.402. The van der Waals surface area contributed by atoms with E-state index in [0.717, 1.165) is 39.3 Å². The number of imidazole rings is 1. The monoisotopic (exact) mass is 469 g/mol. The fraction of sp³-hybridized carbons (Fsp3) is 0.120. The molecule has 5 heterocycles. The highest BCUT2D eigenvalue weighted by molar-refractivity contribution is 7.13. The van der Waals surface area contributed by atoms with Gasteiger partial charge in [0.1, 0.15) is 22.7 Å². The molecule has 0 saturated heterocycles. The van der Waals surface area contributed by atoms with Gasteiger partial charge in [-0.1, -0.05) is 6.07 Å². The van der Waals surface area contributed by atoms with Gasteiger partial charge in [-0.15, -0.1) is 11.3 Å². The van der Waals surface area contributed by atoms with Crippen molar-refractivity contribution in [2.75, 3.05) is 14.1 Å². The van der Waals surface area contributed by atoms with E-state index >= 15 is 4.39 Å². The van der Waals surface area contributed by atoms with Crippen molar-refractivity contribution in [1.82, 2.24) is 35.0 Å². The highest BCUT2D eigenvalue weighted by Gasteiger charge is 2.21. The predicted molar refractivity (Wildman–Crippen MR) is 133 cm³/mol. The van der Waals surface area contributed by atoms with Gasteiger partial charge in [-0.2, -0.15) is 5.10 Å². The number of nitrogens with one attached hydrogen (secondary N) is 2. The quantitative estimate of drug-likeness (QED) is 0.349. The van der Waals surface area contributed by atoms with Gasteiger partial charge in [0.2, 0.25) is 0 Å². The molecule has 9 heteroatoms. The standard InChI is InChI=1S/C25H20FN7S/c1-33(2)13-14-10-15(12-27-11-14)16-5-6-17-20(21(16)26)24(32-31-17)25-29-18-7-8-28-23(22(18)30-25)19-4-3-9-34-19/h3-12H,13H2,1-2H3,(H,29,30)(H,31,32). The van der Waals surface area contributed by atoms with Gasteiger partial charge >= 0.3 is 0 Å². The lowest BCUT2D eigenvalue weighted by Crippen LogP contribution is -2.10. The van der Waals surface area contributed by atoms with Crippen molar-refractivity contribution in [3.8, 4) is 33.2 Å². The maximum Gasteiger partial charge on any atom is 0.159 e. The number of nitrogens with zero attached hydrogens (tertiary/aromatic N) is 5. The Morgan fingerprint density at radius 3 is 2.79 bits per heavy atom. The maximum atomic E-state index is 15.9. The number of hydrogen-bond acceptors (Lipinski definition) is 6. The van der Waals surface area contributed by atoms with Crippen LogP contribution in [0.5, 0.6) is 0 Å². The highest BCUT2D eigenvalue weighted by Crippen LogP contribution is 2.35. The Balaban J connectivity index is 1.50. The number of aromatic amines is 2. The predicted octanol–water partition coefficient (Wildman–Crippen LogP) is 5.49. The zero-order valence-electron chi connectivity index (χ0n) is 18.5. The minimum absolute atomic E-state index is 0.359. The molecule has 0 radical (unpaired) electrons. The van der Waals surface area contributed by atoms with Crippen LogP contribution in [0.25, 0.3) is 55.2 Å². The first-order chi connectivity index (χ1) is 16.6. The summed E-state index contributed by atoms with van der Waals surface area (Å²) < 4.78 is 15.9. The summed E-state index contributed by atoms with van der Waals surface area (Å²) in [6.07, 6.45) is 5.23. The van der Waals surface area contributed by atoms with Gasteiger partial charge in [0, 0.05) is 36.3 Å². The molecule has 1 aromatic carbocycles. The average molecular weight is 470 g/mol. The number of halogens is 1. The zero-order valence-corrected chi connectivity index (χ0v) is 19.3. The Morgan fingerprint density at radius 2 is 1.97 bits per heavy atom. The van der Waals surface area contributed by atoms with E-state index in [2.05, 4.69) is 30.0 Å². The third kappa shape index (κ3) is 3.46. The van der Waals surface area contributed by atoms with E-state index in [9.17, 15) is 0 Å². The van der Waals surface area contributed by atoms with E-state index in [-0.39, 0.29) is 5.82 Å². The molecule has 34 heavy (non-hydrogen) atoms. The topological polar surface area (TPSA) is 86.4 Å². The molecule has 0 atom stereocenters. The molecule has 7 nitrogen and oxygen atoms in total. The molecule has 0 spiro atoms. The first kappa shape index (κ1) is 20.6. The van der Waals surface area contributed by atoms with Crippen LogP contribution in [0.1, 0.15) is 5.56 Å². The molecular formula is C25H20FN7S. The lowest BCUT2D eigenvalue weighted by Gasteiger charge is -2.11. The molecule has 0 amide bonds. The van der Waals surface area contributed by atoms with Gasteiger partial charge in [0.25, 0.3) is 0 Å². The molecule has 0 aliphatic carbocycles. The van der Waals surface area contributed by atoms with Crippen LogP contribution in [-0.2, 0) is 6.54 Å². The summed E-state index contributed by atoms with van der Waals surface area (Å²) in [6, 6.07) is 11.4. The first-order valence-corrected chi connectivity index (χ1v) is 11.6. The third-order valence-electron chi connectivity index (χ3n) is 5.65. The summed E-state index contributed by atoms with van der Waals surface area (Å²) in [5.74, 6) is 0.129. The number of thiophene rings is 1. The van der Waals surface area contributed by atoms with Crippen LogP contribution < -0.4 is 0 Å². The Kier molecular flexibility index (Phi) is 4.93. The second-order valence-corrected chi connectivity index (χ2v) is 9.31. The summed E-state index contributed by atoms with van der Waals surface area (Å²) >= 11 is 1.60. The van der Waals surface area contributed by atoms with Crippen molar-refractivity contribution in [2.24, 2.45) is 0 Å². The minimum Gasteiger partial charge on any atom is -0.336 e. The van der Waals surface area contributed by atoms with Gasteiger partial charge in [-0.05, 0) is 55.4 Å². The summed E-state index contributed by atoms with van der Waals surface area (Å²) in [4.78, 5) is 20.0. The normalized spacial score (nSPS) is 11.8. The number of pyridine rings is 2. The highest BCUT2D eigenvalue weighted by atomic mass is 32.1.